The lowest BCUT2D eigenvalue weighted by molar-refractivity contribution is 0.0756. The van der Waals surface area contributed by atoms with E-state index in [0.717, 1.165) is 17.8 Å². The van der Waals surface area contributed by atoms with E-state index >= 15 is 0 Å². The van der Waals surface area contributed by atoms with Gasteiger partial charge in [0.15, 0.2) is 0 Å². The summed E-state index contributed by atoms with van der Waals surface area (Å²) in [4.78, 5) is 0. The van der Waals surface area contributed by atoms with Crippen molar-refractivity contribution in [3.05, 3.63) is 0 Å². The largest absolute Gasteiger partial charge is 0.443 e. The van der Waals surface area contributed by atoms with Gasteiger partial charge in [-0.25, -0.2) is 0 Å². The van der Waals surface area contributed by atoms with Gasteiger partial charge >= 0.3 is 0 Å². The monoisotopic (exact) mass is 254 g/mol. The van der Waals surface area contributed by atoms with Crippen LogP contribution in [-0.2, 0) is 4.74 Å². The second-order valence-electron chi connectivity index (χ2n) is 6.03. The summed E-state index contributed by atoms with van der Waals surface area (Å²) in [5.41, 5.74) is 0. The molecule has 2 aliphatic rings. The van der Waals surface area contributed by atoms with Gasteiger partial charge in [0, 0.05) is 9.78 Å². The van der Waals surface area contributed by atoms with E-state index in [2.05, 4.69) is 19.0 Å². The fraction of sp³-hybridized carbons (Fsp3) is 0.882. The molecule has 0 aliphatic heterocycles. The van der Waals surface area contributed by atoms with Gasteiger partial charge in [0.2, 0.25) is 0 Å². The minimum atomic E-state index is 0. The number of hydrogen-bond acceptors (Lipinski definition) is 1. The lowest BCUT2D eigenvalue weighted by Crippen LogP contribution is -2.27. The normalized spacial score (nSPS) is 35.9. The molecule has 18 heavy (non-hydrogen) atoms. The van der Waals surface area contributed by atoms with Crippen LogP contribution < -0.4 is 0 Å². The first kappa shape index (κ1) is 15.4. The smallest absolute Gasteiger partial charge is 0.111 e. The molecule has 0 aromatic heterocycles. The van der Waals surface area contributed by atoms with Crippen molar-refractivity contribution in [2.75, 3.05) is 0 Å². The topological polar surface area (TPSA) is 9.23 Å². The third-order valence-electron chi connectivity index (χ3n) is 4.77. The fourth-order valence-electron chi connectivity index (χ4n) is 3.58. The first-order valence-electron chi connectivity index (χ1n) is 7.37. The van der Waals surface area contributed by atoms with Crippen LogP contribution in [0.3, 0.4) is 0 Å². The van der Waals surface area contributed by atoms with Crippen molar-refractivity contribution >= 4 is 0 Å². The van der Waals surface area contributed by atoms with Crippen molar-refractivity contribution in [1.29, 1.82) is 0 Å². The zero-order valence-electron chi connectivity index (χ0n) is 11.4. The highest BCUT2D eigenvalue weighted by Crippen LogP contribution is 2.40. The SMILES string of the molecule is C.CC#COC1CCC(C2CCC(C)CC2)CC1.[HH].[HH]. The molecule has 0 aromatic rings. The second kappa shape index (κ2) is 7.72. The van der Waals surface area contributed by atoms with Crippen LogP contribution in [0.4, 0.5) is 0 Å². The van der Waals surface area contributed by atoms with E-state index in [9.17, 15) is 0 Å². The molecule has 0 spiro atoms. The van der Waals surface area contributed by atoms with Crippen LogP contribution in [0.15, 0.2) is 0 Å². The Morgan fingerprint density at radius 3 is 1.89 bits per heavy atom. The van der Waals surface area contributed by atoms with Crippen LogP contribution in [0, 0.1) is 29.8 Å². The van der Waals surface area contributed by atoms with Crippen molar-refractivity contribution in [1.82, 2.24) is 0 Å². The summed E-state index contributed by atoms with van der Waals surface area (Å²) in [5.74, 6) is 5.80. The Balaban J connectivity index is 0. The van der Waals surface area contributed by atoms with Crippen LogP contribution >= 0.6 is 0 Å². The molecule has 2 aliphatic carbocycles. The quantitative estimate of drug-likeness (QED) is 0.591. The third kappa shape index (κ3) is 4.23. The van der Waals surface area contributed by atoms with Gasteiger partial charge in [-0.2, -0.15) is 0 Å². The predicted molar refractivity (Wildman–Crippen MR) is 82.4 cm³/mol. The maximum Gasteiger partial charge on any atom is 0.111 e. The van der Waals surface area contributed by atoms with Gasteiger partial charge in [-0.05, 0) is 56.3 Å². The van der Waals surface area contributed by atoms with E-state index < -0.39 is 0 Å². The summed E-state index contributed by atoms with van der Waals surface area (Å²) in [7, 11) is 0. The summed E-state index contributed by atoms with van der Waals surface area (Å²) < 4.78 is 5.52. The average molecular weight is 254 g/mol. The van der Waals surface area contributed by atoms with Crippen LogP contribution in [0.25, 0.3) is 0 Å². The van der Waals surface area contributed by atoms with E-state index in [-0.39, 0.29) is 10.3 Å². The van der Waals surface area contributed by atoms with E-state index in [0.29, 0.717) is 6.10 Å². The van der Waals surface area contributed by atoms with Crippen molar-refractivity contribution in [2.45, 2.75) is 78.7 Å². The van der Waals surface area contributed by atoms with Crippen LogP contribution in [0.1, 0.15) is 75.5 Å². The molecule has 0 aromatic carbocycles. The fourth-order valence-corrected chi connectivity index (χ4v) is 3.58. The first-order chi connectivity index (χ1) is 8.29. The van der Waals surface area contributed by atoms with E-state index in [4.69, 9.17) is 4.74 Å². The van der Waals surface area contributed by atoms with Crippen LogP contribution in [0.5, 0.6) is 0 Å². The molecule has 0 bridgehead atoms. The van der Waals surface area contributed by atoms with Gasteiger partial charge in [0.25, 0.3) is 0 Å². The molecule has 0 amide bonds. The molecule has 0 unspecified atom stereocenters. The Labute approximate surface area is 117 Å². The molecule has 2 saturated carbocycles. The van der Waals surface area contributed by atoms with Crippen molar-refractivity contribution in [3.63, 3.8) is 0 Å². The molecule has 108 valence electrons. The standard InChI is InChI=1S/C16H26O.CH4.2H2/c1-3-12-17-16-10-8-15(9-11-16)14-6-4-13(2)5-7-14;;;/h13-16H,4-11H2,1-2H3;1H4;2*1H. The van der Waals surface area contributed by atoms with Gasteiger partial charge in [-0.3, -0.25) is 0 Å². The molecule has 0 saturated heterocycles. The Kier molecular flexibility index (Phi) is 6.61. The Bertz CT molecular complexity index is 279. The van der Waals surface area contributed by atoms with Crippen LogP contribution in [0.2, 0.25) is 0 Å². The lowest BCUT2D eigenvalue weighted by Gasteiger charge is -2.36. The van der Waals surface area contributed by atoms with Crippen molar-refractivity contribution in [3.8, 4) is 12.0 Å². The highest BCUT2D eigenvalue weighted by atomic mass is 16.5. The van der Waals surface area contributed by atoms with Crippen molar-refractivity contribution in [2.24, 2.45) is 17.8 Å². The Morgan fingerprint density at radius 1 is 0.889 bits per heavy atom. The van der Waals surface area contributed by atoms with E-state index in [1.807, 2.05) is 6.92 Å². The summed E-state index contributed by atoms with van der Waals surface area (Å²) >= 11 is 0. The zero-order valence-corrected chi connectivity index (χ0v) is 11.4. The average Bonchev–Trinajstić information content (AvgIpc) is 2.38. The second-order valence-corrected chi connectivity index (χ2v) is 6.03. The summed E-state index contributed by atoms with van der Waals surface area (Å²) in [5, 5.41) is 0. The summed E-state index contributed by atoms with van der Waals surface area (Å²) in [6, 6.07) is 0. The first-order valence-corrected chi connectivity index (χ1v) is 7.37. The third-order valence-corrected chi connectivity index (χ3v) is 4.77. The summed E-state index contributed by atoms with van der Waals surface area (Å²) in [6.07, 6.45) is 14.3. The number of ether oxygens (including phenoxy) is 1. The maximum absolute atomic E-state index is 5.52. The molecule has 1 heteroatoms. The highest BCUT2D eigenvalue weighted by molar-refractivity contribution is 4.88. The molecule has 1 nitrogen and oxygen atoms in total. The van der Waals surface area contributed by atoms with Crippen LogP contribution in [-0.4, -0.2) is 6.10 Å². The highest BCUT2D eigenvalue weighted by Gasteiger charge is 2.30. The minimum Gasteiger partial charge on any atom is -0.443 e. The maximum atomic E-state index is 5.52. The molecule has 0 heterocycles. The van der Waals surface area contributed by atoms with E-state index in [1.54, 1.807) is 0 Å². The Hall–Kier alpha value is -0.640. The molecule has 0 atom stereocenters. The minimum absolute atomic E-state index is 0. The lowest BCUT2D eigenvalue weighted by atomic mass is 9.71. The van der Waals surface area contributed by atoms with E-state index in [1.165, 1.54) is 51.4 Å². The van der Waals surface area contributed by atoms with Gasteiger partial charge in [-0.1, -0.05) is 33.1 Å². The molecule has 2 rings (SSSR count). The predicted octanol–water partition coefficient (Wildman–Crippen LogP) is 5.50. The van der Waals surface area contributed by atoms with Crippen molar-refractivity contribution < 1.29 is 7.59 Å². The van der Waals surface area contributed by atoms with Gasteiger partial charge in [0.1, 0.15) is 12.2 Å². The molecular weight excluding hydrogens is 220 g/mol. The van der Waals surface area contributed by atoms with Gasteiger partial charge in [-0.15, -0.1) is 0 Å². The molecule has 0 radical (unpaired) electrons. The molecule has 2 fully saturated rings. The zero-order chi connectivity index (χ0) is 12.1. The summed E-state index contributed by atoms with van der Waals surface area (Å²) in [6.45, 7) is 4.25. The van der Waals surface area contributed by atoms with Gasteiger partial charge < -0.3 is 4.74 Å². The molecular formula is C17H34O. The molecule has 0 N–H and O–H groups in total. The number of hydrogen-bond donors (Lipinski definition) is 0. The van der Waals surface area contributed by atoms with Gasteiger partial charge in [0.05, 0.1) is 0 Å². The number of rotatable bonds is 2. The Morgan fingerprint density at radius 2 is 1.39 bits per heavy atom.